The molecular formula is C20H19NO5. The van der Waals surface area contributed by atoms with E-state index in [1.54, 1.807) is 12.1 Å². The van der Waals surface area contributed by atoms with Crippen LogP contribution >= 0.6 is 0 Å². The molecule has 6 heteroatoms. The first-order valence-corrected chi connectivity index (χ1v) is 7.94. The summed E-state index contributed by atoms with van der Waals surface area (Å²) in [6.07, 6.45) is 0. The quantitative estimate of drug-likeness (QED) is 0.749. The van der Waals surface area contributed by atoms with Crippen LogP contribution in [0.25, 0.3) is 22.2 Å². The summed E-state index contributed by atoms with van der Waals surface area (Å²) in [5, 5.41) is 10.1. The zero-order valence-electron chi connectivity index (χ0n) is 15.0. The molecule has 0 aliphatic carbocycles. The minimum absolute atomic E-state index is 0.0865. The van der Waals surface area contributed by atoms with Crippen molar-refractivity contribution in [1.82, 2.24) is 4.98 Å². The summed E-state index contributed by atoms with van der Waals surface area (Å²) < 4.78 is 16.2. The third kappa shape index (κ3) is 2.90. The molecule has 0 aliphatic heterocycles. The van der Waals surface area contributed by atoms with Crippen LogP contribution in [0.1, 0.15) is 15.9 Å². The Hall–Kier alpha value is -3.28. The minimum Gasteiger partial charge on any atom is -0.493 e. The topological polar surface area (TPSA) is 77.9 Å². The van der Waals surface area contributed by atoms with Gasteiger partial charge >= 0.3 is 5.97 Å². The van der Waals surface area contributed by atoms with Crippen molar-refractivity contribution in [2.45, 2.75) is 6.92 Å². The summed E-state index contributed by atoms with van der Waals surface area (Å²) in [5.74, 6) is -0.0462. The smallest absolute Gasteiger partial charge is 0.336 e. The molecule has 3 rings (SSSR count). The molecule has 0 atom stereocenters. The lowest BCUT2D eigenvalue weighted by atomic mass is 10.0. The van der Waals surface area contributed by atoms with Gasteiger partial charge in [-0.25, -0.2) is 9.78 Å². The number of methoxy groups -OCH3 is 3. The molecule has 0 saturated heterocycles. The number of aromatic nitrogens is 1. The number of ether oxygens (including phenoxy) is 3. The van der Waals surface area contributed by atoms with E-state index in [4.69, 9.17) is 14.2 Å². The highest BCUT2D eigenvalue weighted by Crippen LogP contribution is 2.44. The van der Waals surface area contributed by atoms with Crippen molar-refractivity contribution in [3.8, 4) is 28.5 Å². The van der Waals surface area contributed by atoms with Gasteiger partial charge in [-0.2, -0.15) is 0 Å². The maximum Gasteiger partial charge on any atom is 0.336 e. The lowest BCUT2D eigenvalue weighted by Crippen LogP contribution is -2.04. The summed E-state index contributed by atoms with van der Waals surface area (Å²) in [4.78, 5) is 16.6. The standard InChI is InChI=1S/C20H19NO5/c1-11-5-7-12(8-6-11)14-9-13(20(22)23)17-15(21-14)10-16(24-2)18(25-3)19(17)26-4/h5-10H,1-4H3,(H,22,23). The Balaban J connectivity index is 2.39. The number of pyridine rings is 1. The molecule has 1 heterocycles. The number of aromatic carboxylic acids is 1. The van der Waals surface area contributed by atoms with Crippen molar-refractivity contribution in [3.05, 3.63) is 47.5 Å². The number of hydrogen-bond donors (Lipinski definition) is 1. The third-order valence-electron chi connectivity index (χ3n) is 4.18. The van der Waals surface area contributed by atoms with Gasteiger partial charge in [-0.05, 0) is 13.0 Å². The zero-order chi connectivity index (χ0) is 18.8. The molecule has 0 bridgehead atoms. The molecule has 0 radical (unpaired) electrons. The highest BCUT2D eigenvalue weighted by molar-refractivity contribution is 6.08. The van der Waals surface area contributed by atoms with Crippen molar-refractivity contribution in [2.75, 3.05) is 21.3 Å². The largest absolute Gasteiger partial charge is 0.493 e. The number of fused-ring (bicyclic) bond motifs is 1. The summed E-state index contributed by atoms with van der Waals surface area (Å²) in [6.45, 7) is 1.99. The van der Waals surface area contributed by atoms with Crippen LogP contribution in [-0.2, 0) is 0 Å². The number of carboxylic acid groups (broad SMARTS) is 1. The van der Waals surface area contributed by atoms with Crippen LogP contribution in [0.2, 0.25) is 0 Å². The number of rotatable bonds is 5. The molecule has 0 aliphatic rings. The number of carbonyl (C=O) groups is 1. The third-order valence-corrected chi connectivity index (χ3v) is 4.18. The first kappa shape index (κ1) is 17.5. The second-order valence-corrected chi connectivity index (χ2v) is 5.77. The van der Waals surface area contributed by atoms with Crippen molar-refractivity contribution in [3.63, 3.8) is 0 Å². The van der Waals surface area contributed by atoms with E-state index in [0.717, 1.165) is 11.1 Å². The highest BCUT2D eigenvalue weighted by Gasteiger charge is 2.23. The van der Waals surface area contributed by atoms with Gasteiger partial charge in [0, 0.05) is 11.6 Å². The SMILES string of the molecule is COc1cc2nc(-c3ccc(C)cc3)cc(C(=O)O)c2c(OC)c1OC. The summed E-state index contributed by atoms with van der Waals surface area (Å²) in [7, 11) is 4.43. The van der Waals surface area contributed by atoms with E-state index in [-0.39, 0.29) is 11.3 Å². The fraction of sp³-hybridized carbons (Fsp3) is 0.200. The Kier molecular flexibility index (Phi) is 4.67. The Morgan fingerprint density at radius 1 is 0.962 bits per heavy atom. The van der Waals surface area contributed by atoms with Crippen LogP contribution in [0, 0.1) is 6.92 Å². The number of nitrogens with zero attached hydrogens (tertiary/aromatic N) is 1. The lowest BCUT2D eigenvalue weighted by Gasteiger charge is -2.16. The fourth-order valence-corrected chi connectivity index (χ4v) is 2.90. The molecule has 1 aromatic heterocycles. The van der Waals surface area contributed by atoms with Crippen LogP contribution in [0.5, 0.6) is 17.2 Å². The number of benzene rings is 2. The Morgan fingerprint density at radius 3 is 2.15 bits per heavy atom. The van der Waals surface area contributed by atoms with Crippen LogP contribution < -0.4 is 14.2 Å². The highest BCUT2D eigenvalue weighted by atomic mass is 16.5. The monoisotopic (exact) mass is 353 g/mol. The summed E-state index contributed by atoms with van der Waals surface area (Å²) in [5.41, 5.74) is 3.04. The molecule has 0 spiro atoms. The predicted molar refractivity (Wildman–Crippen MR) is 98.5 cm³/mol. The van der Waals surface area contributed by atoms with Crippen molar-refractivity contribution in [1.29, 1.82) is 0 Å². The van der Waals surface area contributed by atoms with Gasteiger partial charge < -0.3 is 19.3 Å². The Labute approximate surface area is 151 Å². The number of hydrogen-bond acceptors (Lipinski definition) is 5. The maximum atomic E-state index is 11.9. The van der Waals surface area contributed by atoms with Crippen molar-refractivity contribution in [2.24, 2.45) is 0 Å². The average molecular weight is 353 g/mol. The molecule has 0 amide bonds. The zero-order valence-corrected chi connectivity index (χ0v) is 15.0. The summed E-state index contributed by atoms with van der Waals surface area (Å²) in [6, 6.07) is 10.9. The van der Waals surface area contributed by atoms with E-state index in [0.29, 0.717) is 28.1 Å². The second kappa shape index (κ2) is 6.92. The molecule has 26 heavy (non-hydrogen) atoms. The van der Waals surface area contributed by atoms with Gasteiger partial charge in [0.1, 0.15) is 0 Å². The molecule has 0 saturated carbocycles. The van der Waals surface area contributed by atoms with E-state index in [1.807, 2.05) is 31.2 Å². The molecule has 1 N–H and O–H groups in total. The lowest BCUT2D eigenvalue weighted by molar-refractivity contribution is 0.0698. The van der Waals surface area contributed by atoms with Gasteiger partial charge in [-0.15, -0.1) is 0 Å². The average Bonchev–Trinajstić information content (AvgIpc) is 2.65. The van der Waals surface area contributed by atoms with Crippen LogP contribution in [0.4, 0.5) is 0 Å². The fourth-order valence-electron chi connectivity index (χ4n) is 2.90. The maximum absolute atomic E-state index is 11.9. The Morgan fingerprint density at radius 2 is 1.62 bits per heavy atom. The van der Waals surface area contributed by atoms with Crippen LogP contribution in [0.15, 0.2) is 36.4 Å². The molecule has 2 aromatic carbocycles. The molecule has 6 nitrogen and oxygen atoms in total. The molecule has 0 fully saturated rings. The van der Waals surface area contributed by atoms with Gasteiger partial charge in [0.25, 0.3) is 0 Å². The normalized spacial score (nSPS) is 10.6. The van der Waals surface area contributed by atoms with Crippen LogP contribution in [-0.4, -0.2) is 37.4 Å². The molecular weight excluding hydrogens is 334 g/mol. The predicted octanol–water partition coefficient (Wildman–Crippen LogP) is 3.93. The van der Waals surface area contributed by atoms with E-state index >= 15 is 0 Å². The van der Waals surface area contributed by atoms with E-state index in [9.17, 15) is 9.90 Å². The first-order chi connectivity index (χ1) is 12.5. The number of carboxylic acids is 1. The molecule has 3 aromatic rings. The van der Waals surface area contributed by atoms with E-state index in [2.05, 4.69) is 4.98 Å². The van der Waals surface area contributed by atoms with E-state index in [1.165, 1.54) is 21.3 Å². The first-order valence-electron chi connectivity index (χ1n) is 7.94. The van der Waals surface area contributed by atoms with Gasteiger partial charge in [0.15, 0.2) is 11.5 Å². The van der Waals surface area contributed by atoms with E-state index < -0.39 is 5.97 Å². The molecule has 0 unspecified atom stereocenters. The van der Waals surface area contributed by atoms with Crippen LogP contribution in [0.3, 0.4) is 0 Å². The van der Waals surface area contributed by atoms with Gasteiger partial charge in [-0.3, -0.25) is 0 Å². The van der Waals surface area contributed by atoms with Gasteiger partial charge in [0.05, 0.1) is 43.5 Å². The molecule has 134 valence electrons. The minimum atomic E-state index is -1.07. The number of aryl methyl sites for hydroxylation is 1. The summed E-state index contributed by atoms with van der Waals surface area (Å²) >= 11 is 0. The van der Waals surface area contributed by atoms with Gasteiger partial charge in [-0.1, -0.05) is 29.8 Å². The van der Waals surface area contributed by atoms with Gasteiger partial charge in [0.2, 0.25) is 5.75 Å². The van der Waals surface area contributed by atoms with Crippen molar-refractivity contribution >= 4 is 16.9 Å². The second-order valence-electron chi connectivity index (χ2n) is 5.77. The van der Waals surface area contributed by atoms with Crippen molar-refractivity contribution < 1.29 is 24.1 Å². The Bertz CT molecular complexity index is 980.